The molecule has 0 radical (unpaired) electrons. The van der Waals surface area contributed by atoms with Gasteiger partial charge in [0.15, 0.2) is 0 Å². The molecule has 1 aliphatic carbocycles. The maximum absolute atomic E-state index is 2.39. The van der Waals surface area contributed by atoms with E-state index in [4.69, 9.17) is 0 Å². The van der Waals surface area contributed by atoms with E-state index >= 15 is 0 Å². The molecule has 0 spiro atoms. The fourth-order valence-electron chi connectivity index (χ4n) is 1.65. The number of hydrogen-bond donors (Lipinski definition) is 0. The molecule has 0 aromatic carbocycles. The molecule has 0 nitrogen and oxygen atoms in total. The first-order valence-corrected chi connectivity index (χ1v) is 3.96. The van der Waals surface area contributed by atoms with Crippen molar-refractivity contribution in [2.24, 2.45) is 10.8 Å². The Kier molecular flexibility index (Phi) is 3.09. The molecule has 0 aromatic rings. The summed E-state index contributed by atoms with van der Waals surface area (Å²) in [5.74, 6) is 0. The van der Waals surface area contributed by atoms with E-state index in [1.807, 2.05) is 0 Å². The van der Waals surface area contributed by atoms with Crippen molar-refractivity contribution in [3.05, 3.63) is 0 Å². The molecule has 1 aliphatic rings. The third-order valence-corrected chi connectivity index (χ3v) is 3.44. The molecule has 1 rings (SSSR count). The second-order valence-electron chi connectivity index (χ2n) is 4.62. The van der Waals surface area contributed by atoms with Crippen LogP contribution in [0.25, 0.3) is 0 Å². The fraction of sp³-hybridized carbons (Fsp3) is 1.00. The van der Waals surface area contributed by atoms with E-state index in [0.717, 1.165) is 0 Å². The predicted octanol–water partition coefficient (Wildman–Crippen LogP) is 2.57. The summed E-state index contributed by atoms with van der Waals surface area (Å²) in [7, 11) is 0. The van der Waals surface area contributed by atoms with E-state index in [1.54, 1.807) is 0 Å². The van der Waals surface area contributed by atoms with Gasteiger partial charge < -0.3 is 0 Å². The van der Waals surface area contributed by atoms with Gasteiger partial charge in [0.25, 0.3) is 0 Å². The molecule has 0 atom stereocenters. The molecule has 1 fully saturated rings. The Morgan fingerprint density at radius 3 is 1.20 bits per heavy atom. The zero-order valence-corrected chi connectivity index (χ0v) is 7.12. The molecular weight excluding hydrogens is 115 g/mol. The van der Waals surface area contributed by atoms with Crippen molar-refractivity contribution in [2.45, 2.75) is 47.0 Å². The van der Waals surface area contributed by atoms with Crippen molar-refractivity contribution in [1.82, 2.24) is 0 Å². The SMILES string of the molecule is CC1(C)CCCC1(C)C.[LiH]. The first-order chi connectivity index (χ1) is 3.96. The van der Waals surface area contributed by atoms with Gasteiger partial charge in [0.05, 0.1) is 0 Å². The van der Waals surface area contributed by atoms with Crippen LogP contribution in [0.5, 0.6) is 0 Å². The quantitative estimate of drug-likeness (QED) is 0.447. The van der Waals surface area contributed by atoms with Gasteiger partial charge in [-0.25, -0.2) is 0 Å². The van der Waals surface area contributed by atoms with Crippen molar-refractivity contribution in [3.63, 3.8) is 0 Å². The van der Waals surface area contributed by atoms with Crippen LogP contribution in [-0.4, -0.2) is 18.9 Å². The van der Waals surface area contributed by atoms with Gasteiger partial charge in [-0.15, -0.1) is 0 Å². The van der Waals surface area contributed by atoms with Crippen molar-refractivity contribution >= 4 is 18.9 Å². The Balaban J connectivity index is 0.000000810. The topological polar surface area (TPSA) is 0 Å². The average molecular weight is 134 g/mol. The van der Waals surface area contributed by atoms with Crippen LogP contribution < -0.4 is 0 Å². The second kappa shape index (κ2) is 2.92. The van der Waals surface area contributed by atoms with Gasteiger partial charge in [0.2, 0.25) is 0 Å². The summed E-state index contributed by atoms with van der Waals surface area (Å²) in [5, 5.41) is 0. The molecule has 0 amide bonds. The Morgan fingerprint density at radius 2 is 1.10 bits per heavy atom. The third-order valence-electron chi connectivity index (χ3n) is 3.44. The Morgan fingerprint density at radius 1 is 0.800 bits per heavy atom. The van der Waals surface area contributed by atoms with E-state index in [1.165, 1.54) is 19.3 Å². The van der Waals surface area contributed by atoms with Gasteiger partial charge in [0.1, 0.15) is 0 Å². The normalized spacial score (nSPS) is 27.6. The summed E-state index contributed by atoms with van der Waals surface area (Å²) in [5.41, 5.74) is 1.18. The van der Waals surface area contributed by atoms with Crippen molar-refractivity contribution in [3.8, 4) is 0 Å². The van der Waals surface area contributed by atoms with E-state index in [-0.39, 0.29) is 18.9 Å². The zero-order valence-electron chi connectivity index (χ0n) is 7.12. The van der Waals surface area contributed by atoms with Crippen LogP contribution in [0.1, 0.15) is 47.0 Å². The van der Waals surface area contributed by atoms with Gasteiger partial charge in [-0.05, 0) is 23.7 Å². The molecule has 0 unspecified atom stereocenters. The summed E-state index contributed by atoms with van der Waals surface area (Å²) in [4.78, 5) is 0. The van der Waals surface area contributed by atoms with Gasteiger partial charge in [-0.1, -0.05) is 34.1 Å². The van der Waals surface area contributed by atoms with Crippen LogP contribution in [0, 0.1) is 10.8 Å². The second-order valence-corrected chi connectivity index (χ2v) is 4.62. The average Bonchev–Trinajstić information content (AvgIpc) is 1.81. The van der Waals surface area contributed by atoms with Crippen LogP contribution in [0.15, 0.2) is 0 Å². The van der Waals surface area contributed by atoms with Gasteiger partial charge in [0, 0.05) is 0 Å². The van der Waals surface area contributed by atoms with Crippen LogP contribution in [0.2, 0.25) is 0 Å². The van der Waals surface area contributed by atoms with Crippen LogP contribution in [0.4, 0.5) is 0 Å². The predicted molar refractivity (Wildman–Crippen MR) is 48.6 cm³/mol. The van der Waals surface area contributed by atoms with E-state index < -0.39 is 0 Å². The molecule has 0 bridgehead atoms. The fourth-order valence-corrected chi connectivity index (χ4v) is 1.65. The number of rotatable bonds is 0. The van der Waals surface area contributed by atoms with Gasteiger partial charge in [-0.3, -0.25) is 0 Å². The molecule has 0 N–H and O–H groups in total. The van der Waals surface area contributed by atoms with Crippen LogP contribution in [0.3, 0.4) is 0 Å². The van der Waals surface area contributed by atoms with E-state index in [2.05, 4.69) is 27.7 Å². The Bertz CT molecular complexity index is 99.9. The molecule has 56 valence electrons. The van der Waals surface area contributed by atoms with Crippen molar-refractivity contribution in [1.29, 1.82) is 0 Å². The minimum atomic E-state index is 0. The van der Waals surface area contributed by atoms with Crippen molar-refractivity contribution < 1.29 is 0 Å². The molecule has 0 saturated heterocycles. The van der Waals surface area contributed by atoms with E-state index in [0.29, 0.717) is 10.8 Å². The molecule has 0 aliphatic heterocycles. The van der Waals surface area contributed by atoms with Gasteiger partial charge >= 0.3 is 18.9 Å². The number of hydrogen-bond acceptors (Lipinski definition) is 0. The standard InChI is InChI=1S/C9H18.Li.H/c1-8(2)6-5-7-9(8,3)4;;/h5-7H2,1-4H3;;. The van der Waals surface area contributed by atoms with Gasteiger partial charge in [-0.2, -0.15) is 0 Å². The Hall–Kier alpha value is 0.597. The summed E-state index contributed by atoms with van der Waals surface area (Å²) in [6, 6.07) is 0. The third kappa shape index (κ3) is 1.60. The van der Waals surface area contributed by atoms with Crippen LogP contribution in [-0.2, 0) is 0 Å². The molecule has 10 heavy (non-hydrogen) atoms. The molecule has 1 heteroatoms. The Labute approximate surface area is 77.0 Å². The van der Waals surface area contributed by atoms with Crippen molar-refractivity contribution in [2.75, 3.05) is 0 Å². The molecule has 0 aromatic heterocycles. The zero-order chi connectivity index (χ0) is 7.12. The molecular formula is C9H19Li. The molecule has 1 saturated carbocycles. The minimum absolute atomic E-state index is 0. The summed E-state index contributed by atoms with van der Waals surface area (Å²) >= 11 is 0. The summed E-state index contributed by atoms with van der Waals surface area (Å²) in [6.07, 6.45) is 4.26. The van der Waals surface area contributed by atoms with Crippen LogP contribution >= 0.6 is 0 Å². The molecule has 0 heterocycles. The summed E-state index contributed by atoms with van der Waals surface area (Å²) in [6.45, 7) is 9.56. The first-order valence-electron chi connectivity index (χ1n) is 3.96. The van der Waals surface area contributed by atoms with E-state index in [9.17, 15) is 0 Å². The summed E-state index contributed by atoms with van der Waals surface area (Å²) < 4.78 is 0. The monoisotopic (exact) mass is 134 g/mol. The first kappa shape index (κ1) is 10.6. The maximum atomic E-state index is 2.39.